The summed E-state index contributed by atoms with van der Waals surface area (Å²) in [6.07, 6.45) is 4.92. The highest BCUT2D eigenvalue weighted by Gasteiger charge is 2.34. The molecule has 1 unspecified atom stereocenters. The van der Waals surface area contributed by atoms with Crippen molar-refractivity contribution in [1.82, 2.24) is 20.2 Å². The molecule has 0 bridgehead atoms. The van der Waals surface area contributed by atoms with Crippen LogP contribution in [-0.4, -0.2) is 56.5 Å². The summed E-state index contributed by atoms with van der Waals surface area (Å²) in [5, 5.41) is 12.8. The molecule has 1 aliphatic rings. The van der Waals surface area contributed by atoms with E-state index in [1.54, 1.807) is 37.3 Å². The monoisotopic (exact) mass is 370 g/mol. The summed E-state index contributed by atoms with van der Waals surface area (Å²) in [7, 11) is 0. The maximum atomic E-state index is 13.1. The van der Waals surface area contributed by atoms with Crippen LogP contribution < -0.4 is 5.32 Å². The summed E-state index contributed by atoms with van der Waals surface area (Å²) in [6, 6.07) is 6.87. The maximum Gasteiger partial charge on any atom is 0.254 e. The van der Waals surface area contributed by atoms with Gasteiger partial charge in [0.15, 0.2) is 0 Å². The number of imidazole rings is 1. The molecular weight excluding hydrogens is 344 g/mol. The number of aromatic amines is 1. The Morgan fingerprint density at radius 2 is 2.22 bits per heavy atom. The highest BCUT2D eigenvalue weighted by atomic mass is 16.3. The van der Waals surface area contributed by atoms with E-state index in [4.69, 9.17) is 0 Å². The number of rotatable bonds is 6. The standard InChI is InChI=1S/C20H26N4O3/c1-20(2,27)7-6-14-4-3-5-15(10-14)19(26)24-9-8-22-18(25)17(24)11-16-12-21-13-23-16/h3-5,10,12-13,17,27H,6-9,11H2,1-2H3,(H,21,23)(H,22,25). The number of carbonyl (C=O) groups is 2. The van der Waals surface area contributed by atoms with Gasteiger partial charge >= 0.3 is 0 Å². The molecule has 144 valence electrons. The van der Waals surface area contributed by atoms with Crippen molar-refractivity contribution in [3.63, 3.8) is 0 Å². The normalized spacial score (nSPS) is 17.7. The van der Waals surface area contributed by atoms with E-state index in [1.165, 1.54) is 0 Å². The van der Waals surface area contributed by atoms with Gasteiger partial charge in [-0.3, -0.25) is 9.59 Å². The van der Waals surface area contributed by atoms with Crippen LogP contribution in [0.15, 0.2) is 36.8 Å². The van der Waals surface area contributed by atoms with Crippen molar-refractivity contribution in [3.8, 4) is 0 Å². The van der Waals surface area contributed by atoms with Gasteiger partial charge in [-0.25, -0.2) is 4.98 Å². The number of nitrogens with one attached hydrogen (secondary N) is 2. The number of piperazine rings is 1. The molecule has 3 N–H and O–H groups in total. The molecule has 1 aliphatic heterocycles. The first kappa shape index (κ1) is 19.1. The third-order valence-corrected chi connectivity index (χ3v) is 4.76. The van der Waals surface area contributed by atoms with Gasteiger partial charge in [0.25, 0.3) is 5.91 Å². The van der Waals surface area contributed by atoms with Crippen molar-refractivity contribution in [2.24, 2.45) is 0 Å². The largest absolute Gasteiger partial charge is 0.390 e. The first-order chi connectivity index (χ1) is 12.8. The van der Waals surface area contributed by atoms with E-state index in [0.29, 0.717) is 37.9 Å². The molecule has 1 aromatic heterocycles. The Balaban J connectivity index is 1.77. The lowest BCUT2D eigenvalue weighted by Gasteiger charge is -2.35. The van der Waals surface area contributed by atoms with E-state index in [1.807, 2.05) is 18.2 Å². The number of carbonyl (C=O) groups excluding carboxylic acids is 2. The lowest BCUT2D eigenvalue weighted by atomic mass is 9.97. The molecule has 3 rings (SSSR count). The summed E-state index contributed by atoms with van der Waals surface area (Å²) in [5.74, 6) is -0.304. The number of aromatic nitrogens is 2. The van der Waals surface area contributed by atoms with Gasteiger partial charge in [0.2, 0.25) is 5.91 Å². The van der Waals surface area contributed by atoms with E-state index < -0.39 is 11.6 Å². The first-order valence-corrected chi connectivity index (χ1v) is 9.21. The Labute approximate surface area is 158 Å². The molecule has 1 atom stereocenters. The summed E-state index contributed by atoms with van der Waals surface area (Å²) in [6.45, 7) is 4.46. The second kappa shape index (κ2) is 7.92. The summed E-state index contributed by atoms with van der Waals surface area (Å²) in [5.41, 5.74) is 1.62. The molecule has 0 radical (unpaired) electrons. The van der Waals surface area contributed by atoms with Crippen LogP contribution in [0.2, 0.25) is 0 Å². The molecule has 1 saturated heterocycles. The number of hydrogen-bond donors (Lipinski definition) is 3. The van der Waals surface area contributed by atoms with E-state index in [0.717, 1.165) is 11.3 Å². The van der Waals surface area contributed by atoms with Crippen molar-refractivity contribution < 1.29 is 14.7 Å². The van der Waals surface area contributed by atoms with Crippen LogP contribution in [0.1, 0.15) is 41.9 Å². The number of benzene rings is 1. The first-order valence-electron chi connectivity index (χ1n) is 9.21. The topological polar surface area (TPSA) is 98.3 Å². The number of amides is 2. The number of nitrogens with zero attached hydrogens (tertiary/aromatic N) is 2. The van der Waals surface area contributed by atoms with Crippen molar-refractivity contribution in [2.45, 2.75) is 44.8 Å². The van der Waals surface area contributed by atoms with Crippen LogP contribution in [0, 0.1) is 0 Å². The number of aliphatic hydroxyl groups is 1. The molecule has 2 aromatic rings. The van der Waals surface area contributed by atoms with E-state index in [-0.39, 0.29) is 11.8 Å². The zero-order valence-corrected chi connectivity index (χ0v) is 15.7. The SMILES string of the molecule is CC(C)(O)CCc1cccc(C(=O)N2CCNC(=O)C2Cc2cnc[nH]2)c1. The maximum absolute atomic E-state index is 13.1. The minimum atomic E-state index is -0.750. The summed E-state index contributed by atoms with van der Waals surface area (Å²) >= 11 is 0. The molecule has 1 fully saturated rings. The van der Waals surface area contributed by atoms with Crippen molar-refractivity contribution in [1.29, 1.82) is 0 Å². The van der Waals surface area contributed by atoms with Gasteiger partial charge in [-0.15, -0.1) is 0 Å². The molecule has 7 nitrogen and oxygen atoms in total. The van der Waals surface area contributed by atoms with Gasteiger partial charge < -0.3 is 20.3 Å². The molecule has 27 heavy (non-hydrogen) atoms. The second-order valence-electron chi connectivity index (χ2n) is 7.60. The molecule has 0 aliphatic carbocycles. The molecular formula is C20H26N4O3. The zero-order chi connectivity index (χ0) is 19.4. The fraction of sp³-hybridized carbons (Fsp3) is 0.450. The van der Waals surface area contributed by atoms with Crippen LogP contribution in [0.3, 0.4) is 0 Å². The summed E-state index contributed by atoms with van der Waals surface area (Å²) in [4.78, 5) is 34.1. The molecule has 2 heterocycles. The Kier molecular flexibility index (Phi) is 5.60. The van der Waals surface area contributed by atoms with Crippen LogP contribution in [0.4, 0.5) is 0 Å². The zero-order valence-electron chi connectivity index (χ0n) is 15.7. The fourth-order valence-corrected chi connectivity index (χ4v) is 3.24. The van der Waals surface area contributed by atoms with Crippen LogP contribution in [0.25, 0.3) is 0 Å². The lowest BCUT2D eigenvalue weighted by Crippen LogP contribution is -2.58. The van der Waals surface area contributed by atoms with Crippen LogP contribution in [0.5, 0.6) is 0 Å². The van der Waals surface area contributed by atoms with Gasteiger partial charge in [-0.2, -0.15) is 0 Å². The quantitative estimate of drug-likeness (QED) is 0.714. The minimum Gasteiger partial charge on any atom is -0.390 e. The average molecular weight is 370 g/mol. The molecule has 1 aromatic carbocycles. The number of H-pyrrole nitrogens is 1. The minimum absolute atomic E-state index is 0.151. The predicted octanol–water partition coefficient (Wildman–Crippen LogP) is 1.30. The molecule has 2 amide bonds. The number of hydrogen-bond acceptors (Lipinski definition) is 4. The Morgan fingerprint density at radius 3 is 2.93 bits per heavy atom. The third-order valence-electron chi connectivity index (χ3n) is 4.76. The van der Waals surface area contributed by atoms with Gasteiger partial charge in [0.1, 0.15) is 6.04 Å². The predicted molar refractivity (Wildman–Crippen MR) is 101 cm³/mol. The van der Waals surface area contributed by atoms with Crippen molar-refractivity contribution >= 4 is 11.8 Å². The smallest absolute Gasteiger partial charge is 0.254 e. The highest BCUT2D eigenvalue weighted by molar-refractivity contribution is 5.98. The van der Waals surface area contributed by atoms with Crippen molar-refractivity contribution in [3.05, 3.63) is 53.6 Å². The van der Waals surface area contributed by atoms with E-state index in [9.17, 15) is 14.7 Å². The second-order valence-corrected chi connectivity index (χ2v) is 7.60. The fourth-order valence-electron chi connectivity index (χ4n) is 3.24. The van der Waals surface area contributed by atoms with Gasteiger partial charge in [-0.05, 0) is 44.4 Å². The lowest BCUT2D eigenvalue weighted by molar-refractivity contribution is -0.127. The van der Waals surface area contributed by atoms with Gasteiger partial charge in [0, 0.05) is 37.0 Å². The van der Waals surface area contributed by atoms with E-state index in [2.05, 4.69) is 15.3 Å². The van der Waals surface area contributed by atoms with Crippen molar-refractivity contribution in [2.75, 3.05) is 13.1 Å². The van der Waals surface area contributed by atoms with E-state index >= 15 is 0 Å². The highest BCUT2D eigenvalue weighted by Crippen LogP contribution is 2.18. The van der Waals surface area contributed by atoms with Crippen LogP contribution >= 0.6 is 0 Å². The van der Waals surface area contributed by atoms with Gasteiger partial charge in [-0.1, -0.05) is 12.1 Å². The Bertz CT molecular complexity index is 796. The van der Waals surface area contributed by atoms with Gasteiger partial charge in [0.05, 0.1) is 11.9 Å². The summed E-state index contributed by atoms with van der Waals surface area (Å²) < 4.78 is 0. The molecule has 0 saturated carbocycles. The Morgan fingerprint density at radius 1 is 1.41 bits per heavy atom. The average Bonchev–Trinajstić information content (AvgIpc) is 3.14. The third kappa shape index (κ3) is 4.95. The number of aryl methyl sites for hydroxylation is 1. The molecule has 7 heteroatoms. The molecule has 0 spiro atoms. The Hall–Kier alpha value is -2.67. The van der Waals surface area contributed by atoms with Crippen LogP contribution in [-0.2, 0) is 17.6 Å².